The molecule has 3 nitrogen and oxygen atoms in total. The van der Waals surface area contributed by atoms with Crippen molar-refractivity contribution in [2.24, 2.45) is 0 Å². The van der Waals surface area contributed by atoms with Crippen LogP contribution in [0.5, 0.6) is 0 Å². The molecule has 0 aliphatic carbocycles. The predicted octanol–water partition coefficient (Wildman–Crippen LogP) is 3.41. The van der Waals surface area contributed by atoms with Gasteiger partial charge in [-0.1, -0.05) is 31.4 Å². The standard InChI is InChI=1S/C10H15Cl2N3/c1-3-4-5-6-15(2)9-8(11)7-13-10(12)14-9/h7H,3-6H2,1-2H3. The summed E-state index contributed by atoms with van der Waals surface area (Å²) in [6.07, 6.45) is 5.07. The molecule has 1 aromatic rings. The van der Waals surface area contributed by atoms with Gasteiger partial charge < -0.3 is 4.90 Å². The van der Waals surface area contributed by atoms with Crippen molar-refractivity contribution >= 4 is 29.0 Å². The van der Waals surface area contributed by atoms with Gasteiger partial charge in [-0.25, -0.2) is 4.98 Å². The monoisotopic (exact) mass is 247 g/mol. The number of rotatable bonds is 5. The smallest absolute Gasteiger partial charge is 0.224 e. The summed E-state index contributed by atoms with van der Waals surface area (Å²) in [5, 5.41) is 0.773. The molecule has 0 spiro atoms. The number of aromatic nitrogens is 2. The Bertz CT molecular complexity index is 318. The van der Waals surface area contributed by atoms with Crippen LogP contribution in [0.4, 0.5) is 5.82 Å². The van der Waals surface area contributed by atoms with E-state index in [1.807, 2.05) is 11.9 Å². The zero-order valence-electron chi connectivity index (χ0n) is 9.00. The van der Waals surface area contributed by atoms with E-state index in [1.54, 1.807) is 0 Å². The van der Waals surface area contributed by atoms with E-state index in [0.29, 0.717) is 10.8 Å². The summed E-state index contributed by atoms with van der Waals surface area (Å²) in [7, 11) is 1.96. The summed E-state index contributed by atoms with van der Waals surface area (Å²) in [5.74, 6) is 0.702. The van der Waals surface area contributed by atoms with Gasteiger partial charge in [0.05, 0.1) is 6.20 Å². The van der Waals surface area contributed by atoms with Gasteiger partial charge in [-0.3, -0.25) is 0 Å². The molecule has 0 bridgehead atoms. The van der Waals surface area contributed by atoms with Crippen molar-refractivity contribution in [2.45, 2.75) is 26.2 Å². The minimum atomic E-state index is 0.233. The number of hydrogen-bond acceptors (Lipinski definition) is 3. The Kier molecular flexibility index (Phi) is 5.12. The minimum Gasteiger partial charge on any atom is -0.358 e. The molecular weight excluding hydrogens is 233 g/mol. The molecule has 0 aliphatic rings. The van der Waals surface area contributed by atoms with Crippen molar-refractivity contribution < 1.29 is 0 Å². The average molecular weight is 248 g/mol. The first kappa shape index (κ1) is 12.5. The number of nitrogens with zero attached hydrogens (tertiary/aromatic N) is 3. The molecule has 0 amide bonds. The summed E-state index contributed by atoms with van der Waals surface area (Å²) in [6, 6.07) is 0. The van der Waals surface area contributed by atoms with Crippen LogP contribution < -0.4 is 4.90 Å². The fourth-order valence-electron chi connectivity index (χ4n) is 1.31. The lowest BCUT2D eigenvalue weighted by molar-refractivity contribution is 0.701. The lowest BCUT2D eigenvalue weighted by Gasteiger charge is -2.18. The topological polar surface area (TPSA) is 29.0 Å². The van der Waals surface area contributed by atoms with Crippen molar-refractivity contribution in [1.82, 2.24) is 9.97 Å². The Balaban J connectivity index is 2.64. The molecule has 5 heteroatoms. The van der Waals surface area contributed by atoms with Crippen LogP contribution >= 0.6 is 23.2 Å². The van der Waals surface area contributed by atoms with Crippen molar-refractivity contribution in [2.75, 3.05) is 18.5 Å². The summed E-state index contributed by atoms with van der Waals surface area (Å²) in [4.78, 5) is 9.92. The van der Waals surface area contributed by atoms with Crippen LogP contribution in [0, 0.1) is 0 Å². The maximum atomic E-state index is 5.98. The van der Waals surface area contributed by atoms with Crippen LogP contribution in [0.3, 0.4) is 0 Å². The molecule has 1 aromatic heterocycles. The molecule has 1 rings (SSSR count). The lowest BCUT2D eigenvalue weighted by atomic mass is 10.2. The van der Waals surface area contributed by atoms with E-state index in [2.05, 4.69) is 16.9 Å². The number of unbranched alkanes of at least 4 members (excludes halogenated alkanes) is 2. The van der Waals surface area contributed by atoms with Crippen LogP contribution in [-0.2, 0) is 0 Å². The summed E-state index contributed by atoms with van der Waals surface area (Å²) < 4.78 is 0. The first-order chi connectivity index (χ1) is 7.15. The van der Waals surface area contributed by atoms with Gasteiger partial charge in [-0.05, 0) is 18.0 Å². The second kappa shape index (κ2) is 6.13. The Morgan fingerprint density at radius 1 is 1.33 bits per heavy atom. The molecule has 0 radical (unpaired) electrons. The van der Waals surface area contributed by atoms with Crippen molar-refractivity contribution in [3.05, 3.63) is 16.5 Å². The van der Waals surface area contributed by atoms with Gasteiger partial charge in [-0.2, -0.15) is 4.98 Å². The molecule has 84 valence electrons. The van der Waals surface area contributed by atoms with E-state index >= 15 is 0 Å². The molecule has 0 atom stereocenters. The first-order valence-corrected chi connectivity index (χ1v) is 5.80. The molecular formula is C10H15Cl2N3. The zero-order chi connectivity index (χ0) is 11.3. The molecule has 0 aliphatic heterocycles. The Morgan fingerprint density at radius 2 is 2.07 bits per heavy atom. The van der Waals surface area contributed by atoms with E-state index in [4.69, 9.17) is 23.2 Å². The molecule has 1 heterocycles. The first-order valence-electron chi connectivity index (χ1n) is 5.04. The molecule has 0 N–H and O–H groups in total. The van der Waals surface area contributed by atoms with Gasteiger partial charge in [0.25, 0.3) is 0 Å². The fraction of sp³-hybridized carbons (Fsp3) is 0.600. The summed E-state index contributed by atoms with van der Waals surface area (Å²) in [5.41, 5.74) is 0. The minimum absolute atomic E-state index is 0.233. The lowest BCUT2D eigenvalue weighted by Crippen LogP contribution is -2.20. The highest BCUT2D eigenvalue weighted by atomic mass is 35.5. The van der Waals surface area contributed by atoms with Gasteiger partial charge in [0.2, 0.25) is 5.28 Å². The maximum absolute atomic E-state index is 5.98. The molecule has 0 unspecified atom stereocenters. The van der Waals surface area contributed by atoms with Crippen LogP contribution in [0.1, 0.15) is 26.2 Å². The third-order valence-corrected chi connectivity index (χ3v) is 2.60. The maximum Gasteiger partial charge on any atom is 0.224 e. The van der Waals surface area contributed by atoms with E-state index < -0.39 is 0 Å². The molecule has 0 fully saturated rings. The highest BCUT2D eigenvalue weighted by molar-refractivity contribution is 6.33. The summed E-state index contributed by atoms with van der Waals surface area (Å²) in [6.45, 7) is 3.11. The quantitative estimate of drug-likeness (QED) is 0.590. The molecule has 0 aromatic carbocycles. The Hall–Kier alpha value is -0.540. The second-order valence-electron chi connectivity index (χ2n) is 3.44. The van der Waals surface area contributed by atoms with E-state index in [-0.39, 0.29) is 5.28 Å². The summed E-state index contributed by atoms with van der Waals surface area (Å²) >= 11 is 11.7. The highest BCUT2D eigenvalue weighted by Crippen LogP contribution is 2.22. The average Bonchev–Trinajstić information content (AvgIpc) is 2.22. The van der Waals surface area contributed by atoms with Gasteiger partial charge in [0.15, 0.2) is 5.82 Å². The number of halogens is 2. The third kappa shape index (κ3) is 3.84. The SMILES string of the molecule is CCCCCN(C)c1nc(Cl)ncc1Cl. The van der Waals surface area contributed by atoms with Crippen LogP contribution in [0.25, 0.3) is 0 Å². The van der Waals surface area contributed by atoms with Gasteiger partial charge in [0.1, 0.15) is 5.02 Å². The van der Waals surface area contributed by atoms with Crippen molar-refractivity contribution in [3.63, 3.8) is 0 Å². The largest absolute Gasteiger partial charge is 0.358 e. The number of anilines is 1. The van der Waals surface area contributed by atoms with E-state index in [1.165, 1.54) is 19.0 Å². The molecule has 0 saturated carbocycles. The third-order valence-electron chi connectivity index (χ3n) is 2.15. The normalized spacial score (nSPS) is 10.4. The van der Waals surface area contributed by atoms with E-state index in [9.17, 15) is 0 Å². The highest BCUT2D eigenvalue weighted by Gasteiger charge is 2.08. The van der Waals surface area contributed by atoms with E-state index in [0.717, 1.165) is 13.0 Å². The zero-order valence-corrected chi connectivity index (χ0v) is 10.5. The molecule has 15 heavy (non-hydrogen) atoms. The van der Waals surface area contributed by atoms with Gasteiger partial charge in [0, 0.05) is 13.6 Å². The molecule has 0 saturated heterocycles. The van der Waals surface area contributed by atoms with Crippen LogP contribution in [0.15, 0.2) is 6.20 Å². The van der Waals surface area contributed by atoms with Gasteiger partial charge >= 0.3 is 0 Å². The fourth-order valence-corrected chi connectivity index (χ4v) is 1.67. The Morgan fingerprint density at radius 3 is 2.73 bits per heavy atom. The second-order valence-corrected chi connectivity index (χ2v) is 4.18. The number of hydrogen-bond donors (Lipinski definition) is 0. The van der Waals surface area contributed by atoms with Crippen LogP contribution in [-0.4, -0.2) is 23.6 Å². The van der Waals surface area contributed by atoms with Crippen molar-refractivity contribution in [3.8, 4) is 0 Å². The van der Waals surface area contributed by atoms with Gasteiger partial charge in [-0.15, -0.1) is 0 Å². The predicted molar refractivity (Wildman–Crippen MR) is 64.8 cm³/mol. The van der Waals surface area contributed by atoms with Crippen LogP contribution in [0.2, 0.25) is 10.3 Å². The Labute approximate surface area is 100 Å². The van der Waals surface area contributed by atoms with Crippen molar-refractivity contribution in [1.29, 1.82) is 0 Å².